The number of allylic oxidation sites excluding steroid dienone is 14. The minimum Gasteiger partial charge on any atom is -0.456 e. The number of rotatable bonds is 8. The van der Waals surface area contributed by atoms with Crippen molar-refractivity contribution < 1.29 is 8.83 Å². The molecular formula is C59H48N2O2. The Morgan fingerprint density at radius 2 is 1.38 bits per heavy atom. The molecule has 1 aliphatic rings. The van der Waals surface area contributed by atoms with Crippen molar-refractivity contribution in [2.45, 2.75) is 33.6 Å². The van der Waals surface area contributed by atoms with Crippen LogP contribution in [0.2, 0.25) is 0 Å². The van der Waals surface area contributed by atoms with Crippen molar-refractivity contribution in [1.29, 1.82) is 0 Å². The van der Waals surface area contributed by atoms with Gasteiger partial charge in [-0.15, -0.1) is 0 Å². The Balaban J connectivity index is 0.000000895. The van der Waals surface area contributed by atoms with Crippen LogP contribution in [-0.2, 0) is 0 Å². The van der Waals surface area contributed by atoms with E-state index in [2.05, 4.69) is 176 Å². The van der Waals surface area contributed by atoms with Gasteiger partial charge >= 0.3 is 0 Å². The molecule has 10 aromatic rings. The first-order valence-electron chi connectivity index (χ1n) is 21.7. The minimum atomic E-state index is 0.820. The number of para-hydroxylation sites is 2. The van der Waals surface area contributed by atoms with E-state index in [4.69, 9.17) is 8.83 Å². The lowest BCUT2D eigenvalue weighted by molar-refractivity contribution is 0.668. The number of fused-ring (bicyclic) bond motifs is 11. The summed E-state index contributed by atoms with van der Waals surface area (Å²) in [6.07, 6.45) is 26.8. The molecule has 0 fully saturated rings. The van der Waals surface area contributed by atoms with Gasteiger partial charge in [0.15, 0.2) is 0 Å². The normalized spacial score (nSPS) is 13.4. The Bertz CT molecular complexity index is 3630. The Hall–Kier alpha value is -7.82. The van der Waals surface area contributed by atoms with Gasteiger partial charge in [0.2, 0.25) is 0 Å². The zero-order chi connectivity index (χ0) is 43.0. The van der Waals surface area contributed by atoms with E-state index in [-0.39, 0.29) is 0 Å². The number of benzene rings is 6. The highest BCUT2D eigenvalue weighted by atomic mass is 16.3. The fourth-order valence-electron chi connectivity index (χ4n) is 9.36. The molecule has 0 atom stereocenters. The average molecular weight is 817 g/mol. The topological polar surface area (TPSA) is 36.1 Å². The lowest BCUT2D eigenvalue weighted by atomic mass is 9.97. The number of nitrogens with zero attached hydrogens (tertiary/aromatic N) is 2. The molecule has 11 rings (SSSR count). The van der Waals surface area contributed by atoms with Gasteiger partial charge in [0.05, 0.1) is 16.6 Å². The molecule has 4 heterocycles. The third kappa shape index (κ3) is 6.81. The molecule has 0 saturated heterocycles. The monoisotopic (exact) mass is 816 g/mol. The number of hydrogen-bond donors (Lipinski definition) is 0. The van der Waals surface area contributed by atoms with Crippen LogP contribution in [0.5, 0.6) is 0 Å². The molecule has 0 radical (unpaired) electrons. The van der Waals surface area contributed by atoms with Crippen LogP contribution in [0.25, 0.3) is 99.1 Å². The predicted molar refractivity (Wildman–Crippen MR) is 270 cm³/mol. The quantitative estimate of drug-likeness (QED) is 0.143. The van der Waals surface area contributed by atoms with E-state index >= 15 is 0 Å². The molecule has 0 unspecified atom stereocenters. The molecule has 0 bridgehead atoms. The summed E-state index contributed by atoms with van der Waals surface area (Å²) in [7, 11) is 0. The summed E-state index contributed by atoms with van der Waals surface area (Å²) in [4.78, 5) is 0. The second-order valence-electron chi connectivity index (χ2n) is 16.0. The van der Waals surface area contributed by atoms with Crippen LogP contribution >= 0.6 is 0 Å². The summed E-state index contributed by atoms with van der Waals surface area (Å²) in [6, 6.07) is 41.2. The zero-order valence-electron chi connectivity index (χ0n) is 35.9. The van der Waals surface area contributed by atoms with Crippen LogP contribution in [-0.4, -0.2) is 9.13 Å². The molecule has 306 valence electrons. The van der Waals surface area contributed by atoms with Crippen LogP contribution in [0.3, 0.4) is 0 Å². The van der Waals surface area contributed by atoms with Crippen LogP contribution < -0.4 is 0 Å². The van der Waals surface area contributed by atoms with E-state index in [0.29, 0.717) is 0 Å². The van der Waals surface area contributed by atoms with Gasteiger partial charge < -0.3 is 18.0 Å². The number of furan rings is 2. The summed E-state index contributed by atoms with van der Waals surface area (Å²) in [5, 5.41) is 8.18. The zero-order valence-corrected chi connectivity index (χ0v) is 35.9. The van der Waals surface area contributed by atoms with E-state index in [0.717, 1.165) is 90.3 Å². The number of aryl methyl sites for hydroxylation is 1. The predicted octanol–water partition coefficient (Wildman–Crippen LogP) is 17.0. The van der Waals surface area contributed by atoms with Gasteiger partial charge in [0.1, 0.15) is 22.3 Å². The van der Waals surface area contributed by atoms with Crippen molar-refractivity contribution in [3.63, 3.8) is 0 Å². The molecule has 4 nitrogen and oxygen atoms in total. The van der Waals surface area contributed by atoms with Crippen molar-refractivity contribution in [1.82, 2.24) is 9.13 Å². The SMILES string of the molecule is C=C/C=C\C.C=C/C=C\C(=C/CC1=CC=CCC=C1)n1c(C)c(C)c2c3c4cc(-c5cccc6oc7ccccc7c56)ccc4n(-c4ccc5oc6ccccc6c5c4)c3ccc21. The molecule has 0 spiro atoms. The van der Waals surface area contributed by atoms with Crippen LogP contribution in [0, 0.1) is 13.8 Å². The smallest absolute Gasteiger partial charge is 0.136 e. The Labute approximate surface area is 367 Å². The summed E-state index contributed by atoms with van der Waals surface area (Å²) >= 11 is 0. The van der Waals surface area contributed by atoms with Gasteiger partial charge in [0.25, 0.3) is 0 Å². The summed E-state index contributed by atoms with van der Waals surface area (Å²) < 4.78 is 17.5. The highest BCUT2D eigenvalue weighted by molar-refractivity contribution is 6.24. The molecular weight excluding hydrogens is 769 g/mol. The first-order chi connectivity index (χ1) is 31.0. The molecule has 4 aromatic heterocycles. The first kappa shape index (κ1) is 39.3. The van der Waals surface area contributed by atoms with Crippen LogP contribution in [0.15, 0.2) is 216 Å². The maximum atomic E-state index is 6.36. The van der Waals surface area contributed by atoms with E-state index in [1.165, 1.54) is 38.5 Å². The summed E-state index contributed by atoms with van der Waals surface area (Å²) in [6.45, 7) is 14.0. The van der Waals surface area contributed by atoms with Gasteiger partial charge in [-0.05, 0) is 123 Å². The maximum absolute atomic E-state index is 6.36. The van der Waals surface area contributed by atoms with Crippen molar-refractivity contribution in [2.24, 2.45) is 0 Å². The molecule has 0 N–H and O–H groups in total. The van der Waals surface area contributed by atoms with E-state index in [1.807, 2.05) is 49.4 Å². The lowest BCUT2D eigenvalue weighted by Gasteiger charge is -2.11. The van der Waals surface area contributed by atoms with Gasteiger partial charge in [-0.3, -0.25) is 0 Å². The molecule has 0 amide bonds. The average Bonchev–Trinajstić information content (AvgIpc) is 3.98. The molecule has 63 heavy (non-hydrogen) atoms. The van der Waals surface area contributed by atoms with E-state index < -0.39 is 0 Å². The summed E-state index contributed by atoms with van der Waals surface area (Å²) in [5.41, 5.74) is 15.3. The number of aromatic nitrogens is 2. The highest BCUT2D eigenvalue weighted by Crippen LogP contribution is 2.44. The molecule has 4 heteroatoms. The Kier molecular flexibility index (Phi) is 10.3. The Morgan fingerprint density at radius 1 is 0.651 bits per heavy atom. The second-order valence-corrected chi connectivity index (χ2v) is 16.0. The lowest BCUT2D eigenvalue weighted by Crippen LogP contribution is -1.98. The molecule has 0 aliphatic heterocycles. The van der Waals surface area contributed by atoms with Crippen molar-refractivity contribution in [2.75, 3.05) is 0 Å². The van der Waals surface area contributed by atoms with Crippen molar-refractivity contribution >= 4 is 82.3 Å². The van der Waals surface area contributed by atoms with E-state index in [9.17, 15) is 0 Å². The van der Waals surface area contributed by atoms with Gasteiger partial charge in [-0.2, -0.15) is 0 Å². The fraction of sp³-hybridized carbons (Fsp3) is 0.0847. The van der Waals surface area contributed by atoms with Crippen molar-refractivity contribution in [3.05, 3.63) is 218 Å². The summed E-state index contributed by atoms with van der Waals surface area (Å²) in [5.74, 6) is 0. The van der Waals surface area contributed by atoms with Crippen molar-refractivity contribution in [3.8, 4) is 16.8 Å². The molecule has 0 saturated carbocycles. The van der Waals surface area contributed by atoms with Crippen LogP contribution in [0.4, 0.5) is 0 Å². The highest BCUT2D eigenvalue weighted by Gasteiger charge is 2.23. The maximum Gasteiger partial charge on any atom is 0.136 e. The third-order valence-corrected chi connectivity index (χ3v) is 12.3. The van der Waals surface area contributed by atoms with Gasteiger partial charge in [-0.25, -0.2) is 0 Å². The van der Waals surface area contributed by atoms with Gasteiger partial charge in [-0.1, -0.05) is 135 Å². The number of hydrogen-bond acceptors (Lipinski definition) is 2. The first-order valence-corrected chi connectivity index (χ1v) is 21.7. The van der Waals surface area contributed by atoms with E-state index in [1.54, 1.807) is 6.08 Å². The molecule has 1 aliphatic carbocycles. The minimum absolute atomic E-state index is 0.820. The Morgan fingerprint density at radius 3 is 2.19 bits per heavy atom. The van der Waals surface area contributed by atoms with Crippen LogP contribution in [0.1, 0.15) is 31.0 Å². The fourth-order valence-corrected chi connectivity index (χ4v) is 9.36. The van der Waals surface area contributed by atoms with Gasteiger partial charge in [0, 0.05) is 54.8 Å². The second kappa shape index (κ2) is 16.6. The third-order valence-electron chi connectivity index (χ3n) is 12.3. The largest absolute Gasteiger partial charge is 0.456 e. The molecule has 6 aromatic carbocycles. The standard InChI is InChI=1S/C54H40N2O2.C5H8/c1-4-5-17-38(26-24-36-15-8-6-7-9-16-36)55-35(3)34(2)52-46(55)29-30-47-54(52)44-32-37(40-20-14-23-51-53(40)42-19-11-13-22-49(42)58-51)25-28-45(44)56(47)39-27-31-50-43(33-39)41-18-10-12-21-48(41)57-50;1-3-5-4-2/h4-6,8-23,25-33H,1,7,24H2,2-3H3;3-5H,1H2,2H3/b17-5-,38-26+;5-4-.